The van der Waals surface area contributed by atoms with E-state index < -0.39 is 21.3 Å². The maximum absolute atomic E-state index is 12.1. The van der Waals surface area contributed by atoms with E-state index in [1.807, 2.05) is 20.8 Å². The molecule has 0 radical (unpaired) electrons. The van der Waals surface area contributed by atoms with Crippen molar-refractivity contribution in [1.29, 1.82) is 0 Å². The van der Waals surface area contributed by atoms with Crippen LogP contribution >= 0.6 is 0 Å². The van der Waals surface area contributed by atoms with Gasteiger partial charge in [0.2, 0.25) is 0 Å². The fourth-order valence-electron chi connectivity index (χ4n) is 1.85. The van der Waals surface area contributed by atoms with Crippen molar-refractivity contribution in [3.05, 3.63) is 36.2 Å². The summed E-state index contributed by atoms with van der Waals surface area (Å²) >= 11 is 0. The number of nitrogens with zero attached hydrogens (tertiary/aromatic N) is 4. The van der Waals surface area contributed by atoms with Crippen LogP contribution in [0.5, 0.6) is 5.75 Å². The molecule has 1 aromatic heterocycles. The van der Waals surface area contributed by atoms with Crippen molar-refractivity contribution >= 4 is 16.1 Å². The van der Waals surface area contributed by atoms with E-state index in [2.05, 4.69) is 10.1 Å². The van der Waals surface area contributed by atoms with E-state index in [1.54, 1.807) is 12.1 Å². The van der Waals surface area contributed by atoms with Gasteiger partial charge in [-0.3, -0.25) is 0 Å². The molecule has 8 nitrogen and oxygen atoms in total. The van der Waals surface area contributed by atoms with Crippen molar-refractivity contribution in [3.8, 4) is 5.75 Å². The average Bonchev–Trinajstić information content (AvgIpc) is 3.01. The van der Waals surface area contributed by atoms with E-state index in [0.717, 1.165) is 16.6 Å². The lowest BCUT2D eigenvalue weighted by atomic mass is 10.2. The number of benzene rings is 1. The molecule has 0 aliphatic heterocycles. The molecule has 0 aliphatic carbocycles. The molecule has 124 valence electrons. The Morgan fingerprint density at radius 3 is 2.39 bits per heavy atom. The van der Waals surface area contributed by atoms with Crippen LogP contribution in [0.3, 0.4) is 0 Å². The normalized spacial score (nSPS) is 11.3. The van der Waals surface area contributed by atoms with E-state index >= 15 is 0 Å². The van der Waals surface area contributed by atoms with Gasteiger partial charge in [0.05, 0.1) is 0 Å². The summed E-state index contributed by atoms with van der Waals surface area (Å²) in [7, 11) is -4.19. The van der Waals surface area contributed by atoms with Crippen LogP contribution in [0.15, 0.2) is 35.7 Å². The zero-order valence-corrected chi connectivity index (χ0v) is 13.9. The number of carbonyl (C=O) groups is 1. The number of rotatable bonds is 5. The quantitative estimate of drug-likeness (QED) is 0.770. The first kappa shape index (κ1) is 16.9. The maximum Gasteiger partial charge on any atom is 0.377 e. The number of amides is 1. The molecule has 23 heavy (non-hydrogen) atoms. The molecule has 1 amide bonds. The van der Waals surface area contributed by atoms with E-state index in [4.69, 9.17) is 4.18 Å². The van der Waals surface area contributed by atoms with E-state index in [-0.39, 0.29) is 5.75 Å². The van der Waals surface area contributed by atoms with Crippen molar-refractivity contribution in [2.24, 2.45) is 0 Å². The molecule has 0 fully saturated rings. The van der Waals surface area contributed by atoms with E-state index in [9.17, 15) is 13.2 Å². The minimum absolute atomic E-state index is 0.155. The lowest BCUT2D eigenvalue weighted by molar-refractivity contribution is 0.201. The van der Waals surface area contributed by atoms with Crippen LogP contribution in [-0.4, -0.2) is 47.2 Å². The monoisotopic (exact) mass is 338 g/mol. The summed E-state index contributed by atoms with van der Waals surface area (Å²) < 4.78 is 30.1. The Labute approximate surface area is 134 Å². The van der Waals surface area contributed by atoms with Gasteiger partial charge in [-0.05, 0) is 32.9 Å². The molecular weight excluding hydrogens is 320 g/mol. The second-order valence-electron chi connectivity index (χ2n) is 4.78. The van der Waals surface area contributed by atoms with Gasteiger partial charge in [-0.1, -0.05) is 17.7 Å². The molecule has 0 atom stereocenters. The van der Waals surface area contributed by atoms with Crippen LogP contribution in [0.1, 0.15) is 19.4 Å². The first-order valence-electron chi connectivity index (χ1n) is 7.09. The van der Waals surface area contributed by atoms with Crippen molar-refractivity contribution in [2.75, 3.05) is 13.1 Å². The van der Waals surface area contributed by atoms with Crippen LogP contribution in [0, 0.1) is 6.92 Å². The number of hydrogen-bond donors (Lipinski definition) is 0. The van der Waals surface area contributed by atoms with E-state index in [1.165, 1.54) is 17.0 Å². The van der Waals surface area contributed by atoms with Crippen LogP contribution in [-0.2, 0) is 10.1 Å². The molecule has 1 aromatic carbocycles. The van der Waals surface area contributed by atoms with E-state index in [0.29, 0.717) is 13.1 Å². The molecule has 0 bridgehead atoms. The number of aryl methyl sites for hydroxylation is 1. The first-order chi connectivity index (χ1) is 10.9. The number of aromatic nitrogens is 3. The van der Waals surface area contributed by atoms with Gasteiger partial charge in [0.15, 0.2) is 0 Å². The summed E-state index contributed by atoms with van der Waals surface area (Å²) in [6.07, 6.45) is 1.06. The van der Waals surface area contributed by atoms with Crippen LogP contribution in [0.4, 0.5) is 4.79 Å². The second-order valence-corrected chi connectivity index (χ2v) is 6.22. The molecule has 2 rings (SSSR count). The fraction of sp³-hybridized carbons (Fsp3) is 0.357. The number of hydrogen-bond acceptors (Lipinski definition) is 6. The van der Waals surface area contributed by atoms with Crippen molar-refractivity contribution in [3.63, 3.8) is 0 Å². The van der Waals surface area contributed by atoms with Gasteiger partial charge in [-0.25, -0.2) is 9.78 Å². The lowest BCUT2D eigenvalue weighted by Crippen LogP contribution is -2.34. The summed E-state index contributed by atoms with van der Waals surface area (Å²) in [6.45, 7) is 6.47. The molecule has 0 spiro atoms. The van der Waals surface area contributed by atoms with Gasteiger partial charge in [0.1, 0.15) is 12.1 Å². The van der Waals surface area contributed by atoms with Crippen molar-refractivity contribution in [1.82, 2.24) is 19.7 Å². The topological polar surface area (TPSA) is 94.4 Å². The standard InChI is InChI=1S/C14H18N4O4S/c1-4-17(5-2)14(19)18-10-15-13(16-18)23(20,21)22-12-8-6-11(3)7-9-12/h6-10H,4-5H2,1-3H3. The Balaban J connectivity index is 2.21. The van der Waals surface area contributed by atoms with Gasteiger partial charge >= 0.3 is 21.3 Å². The maximum atomic E-state index is 12.1. The van der Waals surface area contributed by atoms with Crippen molar-refractivity contribution < 1.29 is 17.4 Å². The largest absolute Gasteiger partial charge is 0.377 e. The highest BCUT2D eigenvalue weighted by molar-refractivity contribution is 7.86. The SMILES string of the molecule is CCN(CC)C(=O)n1cnc(S(=O)(=O)Oc2ccc(C)cc2)n1. The second kappa shape index (κ2) is 6.78. The van der Waals surface area contributed by atoms with Gasteiger partial charge in [0, 0.05) is 13.1 Å². The highest BCUT2D eigenvalue weighted by Crippen LogP contribution is 2.16. The zero-order valence-electron chi connectivity index (χ0n) is 13.1. The van der Waals surface area contributed by atoms with Crippen LogP contribution in [0.25, 0.3) is 0 Å². The van der Waals surface area contributed by atoms with Crippen LogP contribution in [0.2, 0.25) is 0 Å². The smallest absolute Gasteiger partial charge is 0.377 e. The van der Waals surface area contributed by atoms with Gasteiger partial charge < -0.3 is 9.08 Å². The molecule has 0 unspecified atom stereocenters. The Morgan fingerprint density at radius 1 is 1.22 bits per heavy atom. The Kier molecular flexibility index (Phi) is 4.99. The summed E-state index contributed by atoms with van der Waals surface area (Å²) in [4.78, 5) is 17.3. The Morgan fingerprint density at radius 2 is 1.83 bits per heavy atom. The third-order valence-electron chi connectivity index (χ3n) is 3.15. The first-order valence-corrected chi connectivity index (χ1v) is 8.50. The zero-order chi connectivity index (χ0) is 17.0. The lowest BCUT2D eigenvalue weighted by Gasteiger charge is -2.17. The summed E-state index contributed by atoms with van der Waals surface area (Å²) in [5.74, 6) is 0.155. The molecule has 9 heteroatoms. The van der Waals surface area contributed by atoms with Crippen LogP contribution < -0.4 is 4.18 Å². The third kappa shape index (κ3) is 3.86. The Hall–Kier alpha value is -2.42. The highest BCUT2D eigenvalue weighted by Gasteiger charge is 2.24. The molecule has 1 heterocycles. The predicted octanol–water partition coefficient (Wildman–Crippen LogP) is 1.66. The molecule has 2 aromatic rings. The number of carbonyl (C=O) groups excluding carboxylic acids is 1. The highest BCUT2D eigenvalue weighted by atomic mass is 32.2. The minimum atomic E-state index is -4.19. The Bertz CT molecular complexity index is 779. The molecule has 0 N–H and O–H groups in total. The minimum Gasteiger partial charge on any atom is -0.377 e. The average molecular weight is 338 g/mol. The summed E-state index contributed by atoms with van der Waals surface area (Å²) in [5, 5.41) is 3.16. The predicted molar refractivity (Wildman–Crippen MR) is 82.7 cm³/mol. The van der Waals surface area contributed by atoms with Gasteiger partial charge in [-0.2, -0.15) is 13.1 Å². The van der Waals surface area contributed by atoms with Gasteiger partial charge in [-0.15, -0.1) is 5.10 Å². The summed E-state index contributed by atoms with van der Waals surface area (Å²) in [6, 6.07) is 6.07. The molecular formula is C14H18N4O4S. The van der Waals surface area contributed by atoms with Crippen molar-refractivity contribution in [2.45, 2.75) is 25.9 Å². The fourth-order valence-corrected chi connectivity index (χ4v) is 2.65. The summed E-state index contributed by atoms with van der Waals surface area (Å²) in [5.41, 5.74) is 0.974. The molecule has 0 aliphatic rings. The molecule has 0 saturated carbocycles. The molecule has 0 saturated heterocycles. The van der Waals surface area contributed by atoms with Gasteiger partial charge in [0.25, 0.3) is 0 Å². The third-order valence-corrected chi connectivity index (χ3v) is 4.20.